The fourth-order valence-electron chi connectivity index (χ4n) is 2.07. The van der Waals surface area contributed by atoms with Crippen LogP contribution in [0.5, 0.6) is 5.75 Å². The van der Waals surface area contributed by atoms with Gasteiger partial charge < -0.3 is 10.1 Å². The third kappa shape index (κ3) is 5.18. The van der Waals surface area contributed by atoms with E-state index in [0.29, 0.717) is 23.5 Å². The molecule has 1 aromatic heterocycles. The number of benzene rings is 1. The first kappa shape index (κ1) is 18.7. The summed E-state index contributed by atoms with van der Waals surface area (Å²) in [4.78, 5) is 16.2. The molecule has 134 valence electrons. The van der Waals surface area contributed by atoms with Crippen molar-refractivity contribution >= 4 is 27.3 Å². The van der Waals surface area contributed by atoms with Crippen LogP contribution in [0.3, 0.4) is 0 Å². The molecule has 7 nitrogen and oxygen atoms in total. The van der Waals surface area contributed by atoms with Gasteiger partial charge in [-0.2, -0.15) is 0 Å². The highest BCUT2D eigenvalue weighted by atomic mass is 32.2. The van der Waals surface area contributed by atoms with Gasteiger partial charge in [-0.15, -0.1) is 0 Å². The number of rotatable bonds is 7. The summed E-state index contributed by atoms with van der Waals surface area (Å²) in [6.45, 7) is 1.85. The molecule has 1 amide bonds. The molecule has 0 saturated heterocycles. The number of carbonyl (C=O) groups excluding carboxylic acids is 1. The van der Waals surface area contributed by atoms with Crippen molar-refractivity contribution in [2.24, 2.45) is 0 Å². The standard InChI is InChI=1S/C17H21N3O4S/c1-4-16(17(21)19-13-6-5-11-18-12-13)24-15-9-7-14(8-10-15)20(2)25(3,22)23/h5-12,16H,4H2,1-3H3,(H,19,21)/t16-/m0/s1. The van der Waals surface area contributed by atoms with Crippen LogP contribution in [0.25, 0.3) is 0 Å². The summed E-state index contributed by atoms with van der Waals surface area (Å²) in [5.74, 6) is 0.215. The number of hydrogen-bond acceptors (Lipinski definition) is 5. The molecule has 1 N–H and O–H groups in total. The molecule has 1 heterocycles. The van der Waals surface area contributed by atoms with E-state index in [9.17, 15) is 13.2 Å². The summed E-state index contributed by atoms with van der Waals surface area (Å²) in [5, 5.41) is 2.75. The van der Waals surface area contributed by atoms with E-state index in [-0.39, 0.29) is 5.91 Å². The number of nitrogens with one attached hydrogen (secondary N) is 1. The molecule has 0 radical (unpaired) electrons. The van der Waals surface area contributed by atoms with Crippen molar-refractivity contribution in [3.8, 4) is 5.75 Å². The van der Waals surface area contributed by atoms with E-state index in [0.717, 1.165) is 6.26 Å². The zero-order valence-electron chi connectivity index (χ0n) is 14.3. The van der Waals surface area contributed by atoms with Crippen LogP contribution in [-0.4, -0.2) is 38.7 Å². The van der Waals surface area contributed by atoms with Gasteiger partial charge in [0.15, 0.2) is 6.10 Å². The van der Waals surface area contributed by atoms with Crippen molar-refractivity contribution in [3.63, 3.8) is 0 Å². The number of amides is 1. The smallest absolute Gasteiger partial charge is 0.265 e. The van der Waals surface area contributed by atoms with Crippen LogP contribution in [0.15, 0.2) is 48.8 Å². The fraction of sp³-hybridized carbons (Fsp3) is 0.294. The molecule has 1 atom stereocenters. The van der Waals surface area contributed by atoms with Crippen molar-refractivity contribution in [2.75, 3.05) is 22.9 Å². The van der Waals surface area contributed by atoms with Crippen LogP contribution in [0.4, 0.5) is 11.4 Å². The first-order valence-electron chi connectivity index (χ1n) is 7.72. The van der Waals surface area contributed by atoms with Gasteiger partial charge >= 0.3 is 0 Å². The van der Waals surface area contributed by atoms with Crippen LogP contribution in [0.2, 0.25) is 0 Å². The van der Waals surface area contributed by atoms with Gasteiger partial charge in [-0.1, -0.05) is 6.92 Å². The van der Waals surface area contributed by atoms with Gasteiger partial charge in [-0.25, -0.2) is 8.42 Å². The Labute approximate surface area is 147 Å². The number of carbonyl (C=O) groups is 1. The van der Waals surface area contributed by atoms with E-state index >= 15 is 0 Å². The molecule has 0 spiro atoms. The quantitative estimate of drug-likeness (QED) is 0.815. The largest absolute Gasteiger partial charge is 0.481 e. The molecule has 25 heavy (non-hydrogen) atoms. The van der Waals surface area contributed by atoms with Gasteiger partial charge in [0.1, 0.15) is 5.75 Å². The van der Waals surface area contributed by atoms with E-state index < -0.39 is 16.1 Å². The lowest BCUT2D eigenvalue weighted by atomic mass is 10.2. The molecule has 0 aliphatic heterocycles. The predicted octanol–water partition coefficient (Wildman–Crippen LogP) is 2.27. The minimum absolute atomic E-state index is 0.271. The minimum Gasteiger partial charge on any atom is -0.481 e. The van der Waals surface area contributed by atoms with Crippen LogP contribution >= 0.6 is 0 Å². The number of pyridine rings is 1. The fourth-order valence-corrected chi connectivity index (χ4v) is 2.58. The normalized spacial score (nSPS) is 12.3. The Morgan fingerprint density at radius 1 is 1.28 bits per heavy atom. The topological polar surface area (TPSA) is 88.6 Å². The molecule has 0 bridgehead atoms. The second kappa shape index (κ2) is 7.98. The second-order valence-electron chi connectivity index (χ2n) is 5.47. The summed E-state index contributed by atoms with van der Waals surface area (Å²) in [7, 11) is -1.85. The van der Waals surface area contributed by atoms with Crippen LogP contribution in [-0.2, 0) is 14.8 Å². The van der Waals surface area contributed by atoms with E-state index in [2.05, 4.69) is 10.3 Å². The van der Waals surface area contributed by atoms with Crippen LogP contribution < -0.4 is 14.4 Å². The average Bonchev–Trinajstić information content (AvgIpc) is 2.59. The maximum absolute atomic E-state index is 12.3. The molecular weight excluding hydrogens is 342 g/mol. The molecule has 2 aromatic rings. The Morgan fingerprint density at radius 3 is 2.48 bits per heavy atom. The summed E-state index contributed by atoms with van der Waals surface area (Å²) >= 11 is 0. The number of aromatic nitrogens is 1. The van der Waals surface area contributed by atoms with E-state index in [4.69, 9.17) is 4.74 Å². The first-order valence-corrected chi connectivity index (χ1v) is 9.57. The highest BCUT2D eigenvalue weighted by Gasteiger charge is 2.19. The Morgan fingerprint density at radius 2 is 1.96 bits per heavy atom. The van der Waals surface area contributed by atoms with Crippen molar-refractivity contribution in [1.29, 1.82) is 0 Å². The van der Waals surface area contributed by atoms with Gasteiger partial charge in [-0.05, 0) is 42.8 Å². The number of hydrogen-bond donors (Lipinski definition) is 1. The highest BCUT2D eigenvalue weighted by Crippen LogP contribution is 2.21. The molecule has 0 unspecified atom stereocenters. The summed E-state index contributed by atoms with van der Waals surface area (Å²) in [6, 6.07) is 10.0. The minimum atomic E-state index is -3.32. The average molecular weight is 363 g/mol. The monoisotopic (exact) mass is 363 g/mol. The van der Waals surface area contributed by atoms with Crippen molar-refractivity contribution < 1.29 is 17.9 Å². The molecule has 0 fully saturated rings. The Bertz CT molecular complexity index is 808. The van der Waals surface area contributed by atoms with E-state index in [1.165, 1.54) is 11.4 Å². The van der Waals surface area contributed by atoms with Gasteiger partial charge in [0.05, 0.1) is 23.8 Å². The van der Waals surface area contributed by atoms with E-state index in [1.54, 1.807) is 48.8 Å². The number of ether oxygens (including phenoxy) is 1. The highest BCUT2D eigenvalue weighted by molar-refractivity contribution is 7.92. The maximum Gasteiger partial charge on any atom is 0.265 e. The zero-order chi connectivity index (χ0) is 18.4. The number of anilines is 2. The first-order chi connectivity index (χ1) is 11.8. The second-order valence-corrected chi connectivity index (χ2v) is 7.48. The number of nitrogens with zero attached hydrogens (tertiary/aromatic N) is 2. The predicted molar refractivity (Wildman–Crippen MR) is 97.3 cm³/mol. The molecule has 0 saturated carbocycles. The van der Waals surface area contributed by atoms with Crippen LogP contribution in [0.1, 0.15) is 13.3 Å². The van der Waals surface area contributed by atoms with Gasteiger partial charge in [0.2, 0.25) is 10.0 Å². The van der Waals surface area contributed by atoms with Gasteiger partial charge in [0, 0.05) is 13.2 Å². The Balaban J connectivity index is 2.05. The third-order valence-corrected chi connectivity index (χ3v) is 4.77. The van der Waals surface area contributed by atoms with Gasteiger partial charge in [0.25, 0.3) is 5.91 Å². The number of sulfonamides is 1. The molecule has 8 heteroatoms. The SMILES string of the molecule is CC[C@H](Oc1ccc(N(C)S(C)(=O)=O)cc1)C(=O)Nc1cccnc1. The Kier molecular flexibility index (Phi) is 5.97. The molecule has 2 rings (SSSR count). The molecule has 0 aliphatic rings. The van der Waals surface area contributed by atoms with Crippen molar-refractivity contribution in [3.05, 3.63) is 48.8 Å². The third-order valence-electron chi connectivity index (χ3n) is 3.57. The maximum atomic E-state index is 12.3. The summed E-state index contributed by atoms with van der Waals surface area (Å²) < 4.78 is 30.0. The summed E-state index contributed by atoms with van der Waals surface area (Å²) in [5.41, 5.74) is 1.11. The summed E-state index contributed by atoms with van der Waals surface area (Å²) in [6.07, 6.45) is 4.13. The van der Waals surface area contributed by atoms with E-state index in [1.807, 2.05) is 6.92 Å². The Hall–Kier alpha value is -2.61. The zero-order valence-corrected chi connectivity index (χ0v) is 15.2. The lowest BCUT2D eigenvalue weighted by molar-refractivity contribution is -0.122. The lowest BCUT2D eigenvalue weighted by Gasteiger charge is -2.19. The molecule has 1 aromatic carbocycles. The van der Waals surface area contributed by atoms with Crippen molar-refractivity contribution in [1.82, 2.24) is 4.98 Å². The van der Waals surface area contributed by atoms with Crippen LogP contribution in [0, 0.1) is 0 Å². The van der Waals surface area contributed by atoms with Gasteiger partial charge in [-0.3, -0.25) is 14.1 Å². The molecule has 0 aliphatic carbocycles. The lowest BCUT2D eigenvalue weighted by Crippen LogP contribution is -2.32. The van der Waals surface area contributed by atoms with Crippen molar-refractivity contribution in [2.45, 2.75) is 19.4 Å². The molecular formula is C17H21N3O4S.